The Bertz CT molecular complexity index is 535. The molecule has 2 rings (SSSR count). The summed E-state index contributed by atoms with van der Waals surface area (Å²) in [5.41, 5.74) is 0.816. The molecule has 0 radical (unpaired) electrons. The second-order valence-corrected chi connectivity index (χ2v) is 4.55. The lowest BCUT2D eigenvalue weighted by atomic mass is 10.2. The van der Waals surface area contributed by atoms with Gasteiger partial charge in [-0.05, 0) is 18.6 Å². The number of ether oxygens (including phenoxy) is 1. The van der Waals surface area contributed by atoms with Crippen LogP contribution in [0.2, 0.25) is 0 Å². The molecule has 1 aromatic carbocycles. The maximum atomic E-state index is 11.6. The van der Waals surface area contributed by atoms with Crippen molar-refractivity contribution < 1.29 is 19.1 Å². The zero-order chi connectivity index (χ0) is 14.9. The van der Waals surface area contributed by atoms with Gasteiger partial charge in [0.15, 0.2) is 0 Å². The quantitative estimate of drug-likeness (QED) is 0.646. The maximum absolute atomic E-state index is 11.6. The van der Waals surface area contributed by atoms with E-state index in [0.717, 1.165) is 16.7 Å². The summed E-state index contributed by atoms with van der Waals surface area (Å²) in [7, 11) is 0. The third-order valence-electron chi connectivity index (χ3n) is 2.89. The molecule has 0 fully saturated rings. The number of aliphatic hydroxyl groups is 1. The van der Waals surface area contributed by atoms with Gasteiger partial charge in [-0.1, -0.05) is 18.2 Å². The highest BCUT2D eigenvalue weighted by Gasteiger charge is 2.05. The van der Waals surface area contributed by atoms with Crippen molar-refractivity contribution in [3.8, 4) is 0 Å². The molecule has 0 unspecified atom stereocenters. The highest BCUT2D eigenvalue weighted by Crippen LogP contribution is 2.18. The number of hydrogen-bond donors (Lipinski definition) is 3. The fourth-order valence-corrected chi connectivity index (χ4v) is 1.90. The Morgan fingerprint density at radius 2 is 2.10 bits per heavy atom. The SMILES string of the molecule is O=C(NCCCOCCO)NCc1cc2ccccc2o1. The summed E-state index contributed by atoms with van der Waals surface area (Å²) in [5.74, 6) is 0.720. The highest BCUT2D eigenvalue weighted by atomic mass is 16.5. The van der Waals surface area contributed by atoms with Gasteiger partial charge in [-0.15, -0.1) is 0 Å². The Hall–Kier alpha value is -2.05. The molecule has 0 aliphatic carbocycles. The standard InChI is InChI=1S/C15H20N2O4/c18-7-9-20-8-3-6-16-15(19)17-11-13-10-12-4-1-2-5-14(12)21-13/h1-2,4-5,10,18H,3,6-9,11H2,(H2,16,17,19). The molecule has 2 amide bonds. The van der Waals surface area contributed by atoms with Gasteiger partial charge in [0.25, 0.3) is 0 Å². The normalized spacial score (nSPS) is 10.7. The molecular weight excluding hydrogens is 272 g/mol. The van der Waals surface area contributed by atoms with Gasteiger partial charge < -0.3 is 24.9 Å². The van der Waals surface area contributed by atoms with Crippen molar-refractivity contribution in [3.63, 3.8) is 0 Å². The molecule has 114 valence electrons. The number of nitrogens with one attached hydrogen (secondary N) is 2. The number of rotatable bonds is 8. The fourth-order valence-electron chi connectivity index (χ4n) is 1.90. The summed E-state index contributed by atoms with van der Waals surface area (Å²) < 4.78 is 10.7. The van der Waals surface area contributed by atoms with Crippen LogP contribution in [0, 0.1) is 0 Å². The highest BCUT2D eigenvalue weighted by molar-refractivity contribution is 5.78. The average molecular weight is 292 g/mol. The van der Waals surface area contributed by atoms with Crippen molar-refractivity contribution in [1.29, 1.82) is 0 Å². The van der Waals surface area contributed by atoms with Gasteiger partial charge in [0.1, 0.15) is 11.3 Å². The number of hydrogen-bond acceptors (Lipinski definition) is 4. The molecule has 1 aromatic heterocycles. The number of fused-ring (bicyclic) bond motifs is 1. The summed E-state index contributed by atoms with van der Waals surface area (Å²) in [6.07, 6.45) is 0.706. The van der Waals surface area contributed by atoms with Gasteiger partial charge in [0, 0.05) is 18.5 Å². The molecule has 3 N–H and O–H groups in total. The summed E-state index contributed by atoms with van der Waals surface area (Å²) >= 11 is 0. The fraction of sp³-hybridized carbons (Fsp3) is 0.400. The van der Waals surface area contributed by atoms with Crippen LogP contribution in [0.4, 0.5) is 4.79 Å². The Morgan fingerprint density at radius 3 is 2.90 bits per heavy atom. The predicted molar refractivity (Wildman–Crippen MR) is 79.0 cm³/mol. The number of amides is 2. The van der Waals surface area contributed by atoms with Crippen LogP contribution in [0.3, 0.4) is 0 Å². The largest absolute Gasteiger partial charge is 0.459 e. The van der Waals surface area contributed by atoms with Gasteiger partial charge in [-0.2, -0.15) is 0 Å². The van der Waals surface area contributed by atoms with E-state index in [1.54, 1.807) is 0 Å². The van der Waals surface area contributed by atoms with Gasteiger partial charge >= 0.3 is 6.03 Å². The van der Waals surface area contributed by atoms with E-state index >= 15 is 0 Å². The lowest BCUT2D eigenvalue weighted by Gasteiger charge is -2.06. The molecule has 0 aliphatic rings. The van der Waals surface area contributed by atoms with Gasteiger partial charge in [-0.3, -0.25) is 0 Å². The molecule has 0 bridgehead atoms. The first-order valence-electron chi connectivity index (χ1n) is 6.97. The Kier molecular flexibility index (Phi) is 6.05. The van der Waals surface area contributed by atoms with Crippen molar-refractivity contribution in [1.82, 2.24) is 10.6 Å². The van der Waals surface area contributed by atoms with E-state index in [4.69, 9.17) is 14.3 Å². The van der Waals surface area contributed by atoms with Crippen LogP contribution in [-0.4, -0.2) is 37.5 Å². The molecule has 0 atom stereocenters. The van der Waals surface area contributed by atoms with Crippen LogP contribution >= 0.6 is 0 Å². The van der Waals surface area contributed by atoms with E-state index in [-0.39, 0.29) is 12.6 Å². The van der Waals surface area contributed by atoms with Gasteiger partial charge in [0.05, 0.1) is 19.8 Å². The smallest absolute Gasteiger partial charge is 0.315 e. The lowest BCUT2D eigenvalue weighted by Crippen LogP contribution is -2.35. The predicted octanol–water partition coefficient (Wildman–Crippen LogP) is 1.63. The Morgan fingerprint density at radius 1 is 1.24 bits per heavy atom. The third-order valence-corrected chi connectivity index (χ3v) is 2.89. The molecule has 2 aromatic rings. The van der Waals surface area contributed by atoms with Crippen LogP contribution in [0.1, 0.15) is 12.2 Å². The number of para-hydroxylation sites is 1. The van der Waals surface area contributed by atoms with Crippen LogP contribution in [0.5, 0.6) is 0 Å². The number of carbonyl (C=O) groups excluding carboxylic acids is 1. The number of aliphatic hydroxyl groups excluding tert-OH is 1. The first-order valence-corrected chi connectivity index (χ1v) is 6.97. The summed E-state index contributed by atoms with van der Waals surface area (Å²) in [6.45, 7) is 1.74. The maximum Gasteiger partial charge on any atom is 0.315 e. The number of urea groups is 1. The summed E-state index contributed by atoms with van der Waals surface area (Å²) in [6, 6.07) is 9.39. The Balaban J connectivity index is 1.64. The van der Waals surface area contributed by atoms with Gasteiger partial charge in [0.2, 0.25) is 0 Å². The van der Waals surface area contributed by atoms with E-state index < -0.39 is 0 Å². The van der Waals surface area contributed by atoms with Crippen LogP contribution in [0.15, 0.2) is 34.7 Å². The first-order chi connectivity index (χ1) is 10.3. The van der Waals surface area contributed by atoms with E-state index in [1.165, 1.54) is 0 Å². The second-order valence-electron chi connectivity index (χ2n) is 4.55. The molecule has 6 heteroatoms. The van der Waals surface area contributed by atoms with Crippen molar-refractivity contribution in [2.75, 3.05) is 26.4 Å². The van der Waals surface area contributed by atoms with Crippen molar-refractivity contribution in [2.24, 2.45) is 0 Å². The van der Waals surface area contributed by atoms with E-state index in [1.807, 2.05) is 30.3 Å². The minimum absolute atomic E-state index is 0.0193. The zero-order valence-electron chi connectivity index (χ0n) is 11.8. The molecule has 0 saturated carbocycles. The molecule has 21 heavy (non-hydrogen) atoms. The topological polar surface area (TPSA) is 83.7 Å². The molecule has 0 spiro atoms. The monoisotopic (exact) mass is 292 g/mol. The van der Waals surface area contributed by atoms with E-state index in [2.05, 4.69) is 10.6 Å². The molecule has 0 aliphatic heterocycles. The van der Waals surface area contributed by atoms with Crippen molar-refractivity contribution in [3.05, 3.63) is 36.1 Å². The molecular formula is C15H20N2O4. The van der Waals surface area contributed by atoms with Crippen LogP contribution < -0.4 is 10.6 Å². The number of benzene rings is 1. The number of carbonyl (C=O) groups is 1. The number of furan rings is 1. The van der Waals surface area contributed by atoms with Crippen LogP contribution in [-0.2, 0) is 11.3 Å². The van der Waals surface area contributed by atoms with Gasteiger partial charge in [-0.25, -0.2) is 4.79 Å². The first kappa shape index (κ1) is 15.3. The minimum Gasteiger partial charge on any atom is -0.459 e. The van der Waals surface area contributed by atoms with E-state index in [0.29, 0.717) is 32.7 Å². The summed E-state index contributed by atoms with van der Waals surface area (Å²) in [4.78, 5) is 11.6. The van der Waals surface area contributed by atoms with Crippen molar-refractivity contribution in [2.45, 2.75) is 13.0 Å². The zero-order valence-corrected chi connectivity index (χ0v) is 11.8. The lowest BCUT2D eigenvalue weighted by molar-refractivity contribution is 0.0910. The minimum atomic E-state index is -0.238. The molecule has 0 saturated heterocycles. The Labute approximate surface area is 123 Å². The molecule has 6 nitrogen and oxygen atoms in total. The average Bonchev–Trinajstić information content (AvgIpc) is 2.91. The second kappa shape index (κ2) is 8.28. The van der Waals surface area contributed by atoms with Crippen LogP contribution in [0.25, 0.3) is 11.0 Å². The van der Waals surface area contributed by atoms with Crippen molar-refractivity contribution >= 4 is 17.0 Å². The van der Waals surface area contributed by atoms with E-state index in [9.17, 15) is 4.79 Å². The third kappa shape index (κ3) is 5.09. The molecule has 1 heterocycles. The summed E-state index contributed by atoms with van der Waals surface area (Å²) in [5, 5.41) is 15.0.